The van der Waals surface area contributed by atoms with Gasteiger partial charge in [0.05, 0.1) is 17.4 Å². The molecule has 0 spiro atoms. The molecule has 0 saturated heterocycles. The summed E-state index contributed by atoms with van der Waals surface area (Å²) in [4.78, 5) is 19.2. The molecule has 82 valence electrons. The number of fused-ring (bicyclic) bond motifs is 1. The van der Waals surface area contributed by atoms with Crippen LogP contribution in [0.4, 0.5) is 0 Å². The van der Waals surface area contributed by atoms with Crippen LogP contribution in [-0.2, 0) is 10.2 Å². The normalized spacial score (nSPS) is 17.6. The summed E-state index contributed by atoms with van der Waals surface area (Å²) < 4.78 is 1.40. The quantitative estimate of drug-likeness (QED) is 0.841. The Morgan fingerprint density at radius 3 is 2.94 bits per heavy atom. The molecular formula is C9H7ClN4O2. The van der Waals surface area contributed by atoms with Crippen LogP contribution in [0.5, 0.6) is 0 Å². The summed E-state index contributed by atoms with van der Waals surface area (Å²) in [5.74, 6) is -0.198. The lowest BCUT2D eigenvalue weighted by Gasteiger charge is -2.01. The number of halogens is 1. The zero-order chi connectivity index (χ0) is 11.3. The molecule has 1 aliphatic carbocycles. The Hall–Kier alpha value is -1.69. The average Bonchev–Trinajstić information content (AvgIpc) is 2.94. The van der Waals surface area contributed by atoms with E-state index in [1.165, 1.54) is 10.7 Å². The first-order valence-electron chi connectivity index (χ1n) is 4.74. The third kappa shape index (κ3) is 1.19. The Morgan fingerprint density at radius 2 is 2.31 bits per heavy atom. The van der Waals surface area contributed by atoms with Gasteiger partial charge in [-0.15, -0.1) is 5.10 Å². The minimum atomic E-state index is -0.903. The predicted octanol–water partition coefficient (Wildman–Crippen LogP) is 0.894. The topological polar surface area (TPSA) is 80.4 Å². The van der Waals surface area contributed by atoms with Gasteiger partial charge in [-0.1, -0.05) is 11.6 Å². The Labute approximate surface area is 94.9 Å². The third-order valence-corrected chi connectivity index (χ3v) is 2.94. The van der Waals surface area contributed by atoms with Gasteiger partial charge in [0, 0.05) is 0 Å². The number of aliphatic carboxylic acids is 1. The smallest absolute Gasteiger partial charge is 0.317 e. The maximum absolute atomic E-state index is 11.1. The molecule has 1 N–H and O–H groups in total. The van der Waals surface area contributed by atoms with Gasteiger partial charge in [-0.25, -0.2) is 9.50 Å². The molecule has 0 amide bonds. The van der Waals surface area contributed by atoms with Crippen LogP contribution >= 0.6 is 11.6 Å². The van der Waals surface area contributed by atoms with Crippen molar-refractivity contribution in [1.82, 2.24) is 19.6 Å². The van der Waals surface area contributed by atoms with Crippen LogP contribution in [0.1, 0.15) is 18.7 Å². The lowest BCUT2D eigenvalue weighted by atomic mass is 10.1. The SMILES string of the molecule is O=C(O)C1(c2nc3ncc(Cl)cn3n2)CC1. The molecule has 1 saturated carbocycles. The van der Waals surface area contributed by atoms with Gasteiger partial charge in [0.25, 0.3) is 5.78 Å². The summed E-state index contributed by atoms with van der Waals surface area (Å²) in [7, 11) is 0. The number of hydrogen-bond acceptors (Lipinski definition) is 4. The number of aromatic nitrogens is 4. The van der Waals surface area contributed by atoms with E-state index in [4.69, 9.17) is 16.7 Å². The molecule has 16 heavy (non-hydrogen) atoms. The molecule has 0 radical (unpaired) electrons. The first-order chi connectivity index (χ1) is 7.62. The molecule has 2 heterocycles. The summed E-state index contributed by atoms with van der Waals surface area (Å²) in [6.07, 6.45) is 4.16. The van der Waals surface area contributed by atoms with E-state index in [-0.39, 0.29) is 0 Å². The highest BCUT2D eigenvalue weighted by Gasteiger charge is 2.55. The molecule has 7 heteroatoms. The number of rotatable bonds is 2. The number of carboxylic acid groups (broad SMARTS) is 1. The van der Waals surface area contributed by atoms with E-state index >= 15 is 0 Å². The Kier molecular flexibility index (Phi) is 1.74. The molecule has 0 bridgehead atoms. The van der Waals surface area contributed by atoms with E-state index in [2.05, 4.69) is 15.1 Å². The lowest BCUT2D eigenvalue weighted by Crippen LogP contribution is -2.21. The number of carboxylic acids is 1. The molecule has 2 aromatic rings. The third-order valence-electron chi connectivity index (χ3n) is 2.75. The van der Waals surface area contributed by atoms with Gasteiger partial charge in [0.2, 0.25) is 0 Å². The Morgan fingerprint density at radius 1 is 1.56 bits per heavy atom. The van der Waals surface area contributed by atoms with Gasteiger partial charge < -0.3 is 5.11 Å². The van der Waals surface area contributed by atoms with E-state index in [1.54, 1.807) is 6.20 Å². The second kappa shape index (κ2) is 2.91. The second-order valence-electron chi connectivity index (χ2n) is 3.84. The highest BCUT2D eigenvalue weighted by atomic mass is 35.5. The van der Waals surface area contributed by atoms with E-state index in [0.29, 0.717) is 29.5 Å². The molecule has 6 nitrogen and oxygen atoms in total. The molecule has 0 aromatic carbocycles. The van der Waals surface area contributed by atoms with Gasteiger partial charge in [-0.2, -0.15) is 4.98 Å². The van der Waals surface area contributed by atoms with E-state index in [1.807, 2.05) is 0 Å². The van der Waals surface area contributed by atoms with Crippen molar-refractivity contribution in [3.05, 3.63) is 23.2 Å². The molecular weight excluding hydrogens is 232 g/mol. The molecule has 0 aliphatic heterocycles. The van der Waals surface area contributed by atoms with Crippen LogP contribution in [0, 0.1) is 0 Å². The van der Waals surface area contributed by atoms with Crippen LogP contribution in [0.3, 0.4) is 0 Å². The van der Waals surface area contributed by atoms with Crippen LogP contribution in [0.15, 0.2) is 12.4 Å². The van der Waals surface area contributed by atoms with Crippen LogP contribution < -0.4 is 0 Å². The summed E-state index contributed by atoms with van der Waals surface area (Å²) in [6, 6.07) is 0. The summed E-state index contributed by atoms with van der Waals surface area (Å²) in [6.45, 7) is 0. The fourth-order valence-corrected chi connectivity index (χ4v) is 1.76. The molecule has 3 rings (SSSR count). The van der Waals surface area contributed by atoms with Gasteiger partial charge in [-0.3, -0.25) is 4.79 Å². The monoisotopic (exact) mass is 238 g/mol. The van der Waals surface area contributed by atoms with Crippen molar-refractivity contribution in [3.63, 3.8) is 0 Å². The molecule has 1 fully saturated rings. The average molecular weight is 239 g/mol. The Balaban J connectivity index is 2.16. The molecule has 2 aromatic heterocycles. The molecule has 0 unspecified atom stereocenters. The maximum Gasteiger partial charge on any atom is 0.317 e. The van der Waals surface area contributed by atoms with Gasteiger partial charge >= 0.3 is 5.97 Å². The minimum Gasteiger partial charge on any atom is -0.480 e. The van der Waals surface area contributed by atoms with Crippen molar-refractivity contribution < 1.29 is 9.90 Å². The van der Waals surface area contributed by atoms with E-state index < -0.39 is 11.4 Å². The summed E-state index contributed by atoms with van der Waals surface area (Å²) in [5, 5.41) is 13.6. The lowest BCUT2D eigenvalue weighted by molar-refractivity contribution is -0.140. The second-order valence-corrected chi connectivity index (χ2v) is 4.28. The Bertz CT molecular complexity index is 590. The first-order valence-corrected chi connectivity index (χ1v) is 5.11. The number of hydrogen-bond donors (Lipinski definition) is 1. The van der Waals surface area contributed by atoms with Crippen LogP contribution in [-0.4, -0.2) is 30.7 Å². The van der Waals surface area contributed by atoms with Gasteiger partial charge in [-0.05, 0) is 12.8 Å². The largest absolute Gasteiger partial charge is 0.480 e. The molecule has 1 aliphatic rings. The minimum absolute atomic E-state index is 0.315. The summed E-state index contributed by atoms with van der Waals surface area (Å²) >= 11 is 5.75. The number of nitrogens with zero attached hydrogens (tertiary/aromatic N) is 4. The van der Waals surface area contributed by atoms with Crippen LogP contribution in [0.25, 0.3) is 5.78 Å². The zero-order valence-electron chi connectivity index (χ0n) is 8.09. The fraction of sp³-hybridized carbons (Fsp3) is 0.333. The number of carbonyl (C=O) groups is 1. The van der Waals surface area contributed by atoms with Crippen molar-refractivity contribution in [2.45, 2.75) is 18.3 Å². The van der Waals surface area contributed by atoms with Crippen molar-refractivity contribution in [2.24, 2.45) is 0 Å². The highest BCUT2D eigenvalue weighted by Crippen LogP contribution is 2.46. The maximum atomic E-state index is 11.1. The standard InChI is InChI=1S/C9H7ClN4O2/c10-5-3-11-8-12-6(13-14(8)4-5)9(1-2-9)7(15)16/h3-4H,1-2H2,(H,15,16). The summed E-state index contributed by atoms with van der Waals surface area (Å²) in [5.41, 5.74) is -0.903. The van der Waals surface area contributed by atoms with E-state index in [0.717, 1.165) is 0 Å². The van der Waals surface area contributed by atoms with Crippen molar-refractivity contribution >= 4 is 23.3 Å². The molecule has 0 atom stereocenters. The zero-order valence-corrected chi connectivity index (χ0v) is 8.85. The van der Waals surface area contributed by atoms with Gasteiger partial charge in [0.15, 0.2) is 5.82 Å². The van der Waals surface area contributed by atoms with E-state index in [9.17, 15) is 4.79 Å². The van der Waals surface area contributed by atoms with Crippen LogP contribution in [0.2, 0.25) is 5.02 Å². The van der Waals surface area contributed by atoms with Crippen molar-refractivity contribution in [2.75, 3.05) is 0 Å². The first kappa shape index (κ1) is 9.53. The fourth-order valence-electron chi connectivity index (χ4n) is 1.62. The van der Waals surface area contributed by atoms with Crippen molar-refractivity contribution in [1.29, 1.82) is 0 Å². The highest BCUT2D eigenvalue weighted by molar-refractivity contribution is 6.30. The van der Waals surface area contributed by atoms with Gasteiger partial charge in [0.1, 0.15) is 5.41 Å². The predicted molar refractivity (Wildman–Crippen MR) is 54.3 cm³/mol. The van der Waals surface area contributed by atoms with Crippen molar-refractivity contribution in [3.8, 4) is 0 Å².